The Kier molecular flexibility index (Phi) is 2.25. The van der Waals surface area contributed by atoms with Crippen molar-refractivity contribution in [3.63, 3.8) is 0 Å². The maximum atomic E-state index is 9.15. The van der Waals surface area contributed by atoms with Crippen molar-refractivity contribution in [3.05, 3.63) is 12.7 Å². The van der Waals surface area contributed by atoms with Crippen molar-refractivity contribution in [2.24, 2.45) is 5.92 Å². The fraction of sp³-hybridized carbons (Fsp3) is 0.714. The van der Waals surface area contributed by atoms with E-state index >= 15 is 0 Å². The van der Waals surface area contributed by atoms with E-state index < -0.39 is 0 Å². The molecule has 1 saturated heterocycles. The summed E-state index contributed by atoms with van der Waals surface area (Å²) in [5, 5.41) is 9.15. The molecule has 0 aliphatic carbocycles. The molecule has 1 fully saturated rings. The molecule has 0 aromatic rings. The smallest absolute Gasteiger partial charge is 0.0826 e. The van der Waals surface area contributed by atoms with Crippen LogP contribution in [0.4, 0.5) is 0 Å². The number of aliphatic hydroxyl groups excluding tert-OH is 1. The molecule has 9 heavy (non-hydrogen) atoms. The first-order valence-corrected chi connectivity index (χ1v) is 3.21. The summed E-state index contributed by atoms with van der Waals surface area (Å²) in [7, 11) is 0. The molecule has 1 N–H and O–H groups in total. The van der Waals surface area contributed by atoms with E-state index in [0.29, 0.717) is 19.1 Å². The van der Waals surface area contributed by atoms with Crippen LogP contribution >= 0.6 is 0 Å². The molecular formula is C7H12O2. The van der Waals surface area contributed by atoms with Crippen molar-refractivity contribution < 1.29 is 9.84 Å². The molecule has 1 rings (SSSR count). The first kappa shape index (κ1) is 6.78. The number of hydrogen-bond donors (Lipinski definition) is 1. The minimum absolute atomic E-state index is 0.261. The summed E-state index contributed by atoms with van der Waals surface area (Å²) in [6.45, 7) is 4.78. The van der Waals surface area contributed by atoms with Gasteiger partial charge in [-0.2, -0.15) is 0 Å². The lowest BCUT2D eigenvalue weighted by atomic mass is 10.0. The van der Waals surface area contributed by atoms with Gasteiger partial charge >= 0.3 is 0 Å². The van der Waals surface area contributed by atoms with E-state index in [0.717, 1.165) is 6.42 Å². The van der Waals surface area contributed by atoms with Crippen LogP contribution in [0.15, 0.2) is 12.7 Å². The second kappa shape index (κ2) is 2.99. The molecule has 2 atom stereocenters. The standard InChI is InChI=1S/C7H12O2/c1-2-3-6-4-9-5-7(6)8/h2,6-8H,1,3-5H2/t6-,7+/m1/s1. The Morgan fingerprint density at radius 2 is 2.44 bits per heavy atom. The summed E-state index contributed by atoms with van der Waals surface area (Å²) in [6, 6.07) is 0. The molecule has 1 aliphatic heterocycles. The molecule has 0 bridgehead atoms. The summed E-state index contributed by atoms with van der Waals surface area (Å²) in [5.74, 6) is 0.294. The van der Waals surface area contributed by atoms with Crippen LogP contribution < -0.4 is 0 Å². The molecule has 0 radical (unpaired) electrons. The van der Waals surface area contributed by atoms with Crippen LogP contribution in [0, 0.1) is 5.92 Å². The van der Waals surface area contributed by atoms with E-state index in [1.807, 2.05) is 6.08 Å². The lowest BCUT2D eigenvalue weighted by Crippen LogP contribution is -2.16. The van der Waals surface area contributed by atoms with E-state index in [-0.39, 0.29) is 6.10 Å². The van der Waals surface area contributed by atoms with Crippen molar-refractivity contribution in [2.75, 3.05) is 13.2 Å². The van der Waals surface area contributed by atoms with Gasteiger partial charge in [-0.1, -0.05) is 6.08 Å². The van der Waals surface area contributed by atoms with Crippen molar-refractivity contribution in [3.8, 4) is 0 Å². The Labute approximate surface area is 55.1 Å². The lowest BCUT2D eigenvalue weighted by molar-refractivity contribution is 0.119. The summed E-state index contributed by atoms with van der Waals surface area (Å²) < 4.78 is 5.02. The zero-order chi connectivity index (χ0) is 6.69. The van der Waals surface area contributed by atoms with Gasteiger partial charge in [0.1, 0.15) is 0 Å². The van der Waals surface area contributed by atoms with Crippen LogP contribution in [0.25, 0.3) is 0 Å². The molecule has 0 saturated carbocycles. The number of hydrogen-bond acceptors (Lipinski definition) is 2. The van der Waals surface area contributed by atoms with Crippen molar-refractivity contribution in [1.82, 2.24) is 0 Å². The van der Waals surface area contributed by atoms with Crippen LogP contribution in [0.1, 0.15) is 6.42 Å². The van der Waals surface area contributed by atoms with Gasteiger partial charge in [0, 0.05) is 5.92 Å². The fourth-order valence-corrected chi connectivity index (χ4v) is 1.03. The van der Waals surface area contributed by atoms with Crippen LogP contribution in [-0.4, -0.2) is 24.4 Å². The van der Waals surface area contributed by atoms with Crippen molar-refractivity contribution in [1.29, 1.82) is 0 Å². The van der Waals surface area contributed by atoms with Crippen molar-refractivity contribution >= 4 is 0 Å². The van der Waals surface area contributed by atoms with Gasteiger partial charge in [-0.3, -0.25) is 0 Å². The highest BCUT2D eigenvalue weighted by molar-refractivity contribution is 4.81. The van der Waals surface area contributed by atoms with Crippen LogP contribution in [0.5, 0.6) is 0 Å². The Hall–Kier alpha value is -0.340. The van der Waals surface area contributed by atoms with E-state index in [1.54, 1.807) is 0 Å². The highest BCUT2D eigenvalue weighted by Crippen LogP contribution is 2.16. The quantitative estimate of drug-likeness (QED) is 0.551. The van der Waals surface area contributed by atoms with Gasteiger partial charge < -0.3 is 9.84 Å². The first-order valence-electron chi connectivity index (χ1n) is 3.21. The minimum atomic E-state index is -0.261. The van der Waals surface area contributed by atoms with E-state index in [4.69, 9.17) is 9.84 Å². The average molecular weight is 128 g/mol. The van der Waals surface area contributed by atoms with Gasteiger partial charge in [0.2, 0.25) is 0 Å². The molecule has 2 heteroatoms. The molecule has 0 amide bonds. The topological polar surface area (TPSA) is 29.5 Å². The summed E-state index contributed by atoms with van der Waals surface area (Å²) in [4.78, 5) is 0. The van der Waals surface area contributed by atoms with Gasteiger partial charge in [-0.15, -0.1) is 6.58 Å². The molecule has 0 aromatic heterocycles. The molecule has 1 aliphatic rings. The van der Waals surface area contributed by atoms with Crippen LogP contribution in [0.3, 0.4) is 0 Å². The lowest BCUT2D eigenvalue weighted by Gasteiger charge is -2.07. The summed E-state index contributed by atoms with van der Waals surface area (Å²) >= 11 is 0. The minimum Gasteiger partial charge on any atom is -0.390 e. The Morgan fingerprint density at radius 1 is 1.67 bits per heavy atom. The third kappa shape index (κ3) is 1.53. The fourth-order valence-electron chi connectivity index (χ4n) is 1.03. The predicted molar refractivity (Wildman–Crippen MR) is 35.1 cm³/mol. The van der Waals surface area contributed by atoms with Gasteiger partial charge in [0.05, 0.1) is 19.3 Å². The molecule has 52 valence electrons. The normalized spacial score (nSPS) is 34.8. The largest absolute Gasteiger partial charge is 0.390 e. The Bertz CT molecular complexity index is 101. The monoisotopic (exact) mass is 128 g/mol. The second-order valence-corrected chi connectivity index (χ2v) is 2.39. The third-order valence-electron chi connectivity index (χ3n) is 1.63. The molecule has 0 spiro atoms. The van der Waals surface area contributed by atoms with Gasteiger partial charge in [0.15, 0.2) is 0 Å². The van der Waals surface area contributed by atoms with Crippen molar-refractivity contribution in [2.45, 2.75) is 12.5 Å². The maximum Gasteiger partial charge on any atom is 0.0826 e. The number of allylic oxidation sites excluding steroid dienone is 1. The molecule has 0 unspecified atom stereocenters. The first-order chi connectivity index (χ1) is 4.34. The van der Waals surface area contributed by atoms with Gasteiger partial charge in [0.25, 0.3) is 0 Å². The number of rotatable bonds is 2. The zero-order valence-electron chi connectivity index (χ0n) is 5.42. The van der Waals surface area contributed by atoms with Crippen LogP contribution in [0.2, 0.25) is 0 Å². The second-order valence-electron chi connectivity index (χ2n) is 2.39. The van der Waals surface area contributed by atoms with Gasteiger partial charge in [-0.05, 0) is 6.42 Å². The predicted octanol–water partition coefficient (Wildman–Crippen LogP) is 0.570. The summed E-state index contributed by atoms with van der Waals surface area (Å²) in [6.07, 6.45) is 2.42. The SMILES string of the molecule is C=CC[C@@H]1COC[C@@H]1O. The van der Waals surface area contributed by atoms with E-state index in [1.165, 1.54) is 0 Å². The van der Waals surface area contributed by atoms with Crippen LogP contribution in [-0.2, 0) is 4.74 Å². The highest BCUT2D eigenvalue weighted by Gasteiger charge is 2.24. The maximum absolute atomic E-state index is 9.15. The highest BCUT2D eigenvalue weighted by atomic mass is 16.5. The molecule has 2 nitrogen and oxygen atoms in total. The van der Waals surface area contributed by atoms with Gasteiger partial charge in [-0.25, -0.2) is 0 Å². The number of ether oxygens (including phenoxy) is 1. The Morgan fingerprint density at radius 3 is 2.89 bits per heavy atom. The van der Waals surface area contributed by atoms with E-state index in [2.05, 4.69) is 6.58 Å². The Balaban J connectivity index is 2.30. The summed E-state index contributed by atoms with van der Waals surface area (Å²) in [5.41, 5.74) is 0. The molecule has 0 aromatic carbocycles. The number of aliphatic hydroxyl groups is 1. The molecular weight excluding hydrogens is 116 g/mol. The zero-order valence-corrected chi connectivity index (χ0v) is 5.42. The third-order valence-corrected chi connectivity index (χ3v) is 1.63. The van der Waals surface area contributed by atoms with E-state index in [9.17, 15) is 0 Å². The molecule has 1 heterocycles. The average Bonchev–Trinajstić information content (AvgIpc) is 2.18.